The fraction of sp³-hybridized carbons (Fsp3) is 0.467. The zero-order valence-electron chi connectivity index (χ0n) is 12.0. The Bertz CT molecular complexity index is 511. The van der Waals surface area contributed by atoms with E-state index < -0.39 is 5.97 Å². The summed E-state index contributed by atoms with van der Waals surface area (Å²) in [5.41, 5.74) is 7.58. The van der Waals surface area contributed by atoms with E-state index in [9.17, 15) is 9.59 Å². The van der Waals surface area contributed by atoms with Gasteiger partial charge in [0.25, 0.3) is 0 Å². The molecule has 21 heavy (non-hydrogen) atoms. The average molecular weight is 291 g/mol. The lowest BCUT2D eigenvalue weighted by molar-refractivity contribution is -0.139. The molecule has 3 N–H and O–H groups in total. The van der Waals surface area contributed by atoms with Crippen molar-refractivity contribution in [3.05, 3.63) is 29.8 Å². The largest absolute Gasteiger partial charge is 0.480 e. The molecule has 1 aliphatic rings. The lowest BCUT2D eigenvalue weighted by Gasteiger charge is -2.33. The molecule has 0 unspecified atom stereocenters. The average Bonchev–Trinajstić information content (AvgIpc) is 2.46. The van der Waals surface area contributed by atoms with E-state index in [0.717, 1.165) is 11.3 Å². The number of nitrogens with two attached hydrogens (primary N) is 1. The summed E-state index contributed by atoms with van der Waals surface area (Å²) in [4.78, 5) is 26.5. The molecule has 1 saturated heterocycles. The fourth-order valence-electron chi connectivity index (χ4n) is 2.51. The number of amides is 1. The molecule has 1 aliphatic heterocycles. The molecular weight excluding hydrogens is 270 g/mol. The number of benzene rings is 1. The number of carbonyl (C=O) groups is 2. The number of carboxylic acid groups (broad SMARTS) is 1. The second-order valence-corrected chi connectivity index (χ2v) is 5.25. The Kier molecular flexibility index (Phi) is 5.16. The summed E-state index contributed by atoms with van der Waals surface area (Å²) in [7, 11) is 0. The Morgan fingerprint density at radius 1 is 1.14 bits per heavy atom. The molecule has 1 fully saturated rings. The van der Waals surface area contributed by atoms with Crippen molar-refractivity contribution in [2.45, 2.75) is 12.8 Å². The maximum absolute atomic E-state index is 12.2. The second-order valence-electron chi connectivity index (χ2n) is 5.25. The van der Waals surface area contributed by atoms with Gasteiger partial charge >= 0.3 is 5.97 Å². The number of anilines is 1. The number of aliphatic carboxylic acids is 1. The third-order valence-corrected chi connectivity index (χ3v) is 3.75. The van der Waals surface area contributed by atoms with Crippen LogP contribution in [0.1, 0.15) is 12.0 Å². The highest BCUT2D eigenvalue weighted by Crippen LogP contribution is 2.14. The quantitative estimate of drug-likeness (QED) is 0.768. The number of nitrogens with zero attached hydrogens (tertiary/aromatic N) is 2. The minimum atomic E-state index is -0.825. The topological polar surface area (TPSA) is 86.9 Å². The summed E-state index contributed by atoms with van der Waals surface area (Å²) >= 11 is 0. The van der Waals surface area contributed by atoms with E-state index in [2.05, 4.69) is 0 Å². The number of hydrogen-bond acceptors (Lipinski definition) is 4. The molecule has 1 aromatic carbocycles. The number of carboxylic acids is 1. The Morgan fingerprint density at radius 2 is 1.81 bits per heavy atom. The highest BCUT2D eigenvalue weighted by Gasteiger charge is 2.21. The van der Waals surface area contributed by atoms with E-state index in [4.69, 9.17) is 10.8 Å². The molecule has 0 bridgehead atoms. The summed E-state index contributed by atoms with van der Waals surface area (Å²) in [5, 5.41) is 8.74. The zero-order chi connectivity index (χ0) is 15.2. The van der Waals surface area contributed by atoms with Crippen LogP contribution >= 0.6 is 0 Å². The van der Waals surface area contributed by atoms with Crippen LogP contribution < -0.4 is 5.73 Å². The van der Waals surface area contributed by atoms with Crippen LogP contribution in [0.4, 0.5) is 5.69 Å². The van der Waals surface area contributed by atoms with Gasteiger partial charge < -0.3 is 15.7 Å². The van der Waals surface area contributed by atoms with Gasteiger partial charge in [-0.15, -0.1) is 0 Å². The molecule has 0 atom stereocenters. The molecule has 2 rings (SSSR count). The summed E-state index contributed by atoms with van der Waals surface area (Å²) in [6.45, 7) is 2.46. The van der Waals surface area contributed by atoms with E-state index in [1.54, 1.807) is 4.90 Å². The molecular formula is C15H21N3O3. The third-order valence-electron chi connectivity index (χ3n) is 3.75. The Hall–Kier alpha value is -2.08. The minimum absolute atomic E-state index is 0.0442. The number of piperazine rings is 1. The predicted octanol–water partition coefficient (Wildman–Crippen LogP) is 0.430. The standard InChI is InChI=1S/C15H21N3O3/c16-13-4-2-1-3-12(13)5-6-14(19)18-9-7-17(8-10-18)11-15(20)21/h1-4H,5-11,16H2,(H,20,21). The van der Waals surface area contributed by atoms with Crippen molar-refractivity contribution in [3.63, 3.8) is 0 Å². The Balaban J connectivity index is 1.77. The van der Waals surface area contributed by atoms with Gasteiger partial charge in [-0.3, -0.25) is 14.5 Å². The molecule has 114 valence electrons. The van der Waals surface area contributed by atoms with Crippen LogP contribution in [0, 0.1) is 0 Å². The molecule has 6 nitrogen and oxygen atoms in total. The van der Waals surface area contributed by atoms with Crippen LogP contribution in [0.5, 0.6) is 0 Å². The van der Waals surface area contributed by atoms with Crippen molar-refractivity contribution in [2.24, 2.45) is 0 Å². The molecule has 6 heteroatoms. The smallest absolute Gasteiger partial charge is 0.317 e. The van der Waals surface area contributed by atoms with Crippen molar-refractivity contribution >= 4 is 17.6 Å². The minimum Gasteiger partial charge on any atom is -0.480 e. The van der Waals surface area contributed by atoms with Crippen LogP contribution in [0.15, 0.2) is 24.3 Å². The van der Waals surface area contributed by atoms with Crippen LogP contribution in [-0.4, -0.2) is 59.5 Å². The number of aryl methyl sites for hydroxylation is 1. The van der Waals surface area contributed by atoms with Crippen molar-refractivity contribution < 1.29 is 14.7 Å². The lowest BCUT2D eigenvalue weighted by atomic mass is 10.1. The first kappa shape index (κ1) is 15.3. The predicted molar refractivity (Wildman–Crippen MR) is 79.8 cm³/mol. The maximum atomic E-state index is 12.2. The fourth-order valence-corrected chi connectivity index (χ4v) is 2.51. The summed E-state index contributed by atoms with van der Waals surface area (Å²) in [5.74, 6) is -0.720. The third kappa shape index (κ3) is 4.46. The van der Waals surface area contributed by atoms with Gasteiger partial charge in [0.15, 0.2) is 0 Å². The molecule has 1 aromatic rings. The van der Waals surface area contributed by atoms with Gasteiger partial charge in [0.05, 0.1) is 6.54 Å². The van der Waals surface area contributed by atoms with Gasteiger partial charge in [0, 0.05) is 38.3 Å². The SMILES string of the molecule is Nc1ccccc1CCC(=O)N1CCN(CC(=O)O)CC1. The summed E-state index contributed by atoms with van der Waals surface area (Å²) in [6, 6.07) is 7.57. The first-order valence-corrected chi connectivity index (χ1v) is 7.11. The van der Waals surface area contributed by atoms with E-state index in [-0.39, 0.29) is 12.5 Å². The molecule has 1 heterocycles. The molecule has 0 aromatic heterocycles. The van der Waals surface area contributed by atoms with Crippen molar-refractivity contribution in [2.75, 3.05) is 38.5 Å². The first-order chi connectivity index (χ1) is 10.1. The van der Waals surface area contributed by atoms with Gasteiger partial charge in [-0.05, 0) is 18.1 Å². The number of para-hydroxylation sites is 1. The van der Waals surface area contributed by atoms with Crippen LogP contribution in [0.25, 0.3) is 0 Å². The Morgan fingerprint density at radius 3 is 2.43 bits per heavy atom. The first-order valence-electron chi connectivity index (χ1n) is 7.11. The van der Waals surface area contributed by atoms with Gasteiger partial charge in [-0.1, -0.05) is 18.2 Å². The number of nitrogen functional groups attached to an aromatic ring is 1. The molecule has 1 amide bonds. The molecule has 0 saturated carbocycles. The summed E-state index contributed by atoms with van der Waals surface area (Å²) in [6.07, 6.45) is 1.08. The Labute approximate surface area is 124 Å². The van der Waals surface area contributed by atoms with Crippen LogP contribution in [-0.2, 0) is 16.0 Å². The van der Waals surface area contributed by atoms with Gasteiger partial charge in [-0.25, -0.2) is 0 Å². The van der Waals surface area contributed by atoms with E-state index >= 15 is 0 Å². The van der Waals surface area contributed by atoms with Gasteiger partial charge in [0.2, 0.25) is 5.91 Å². The van der Waals surface area contributed by atoms with Crippen molar-refractivity contribution in [1.82, 2.24) is 9.80 Å². The lowest BCUT2D eigenvalue weighted by Crippen LogP contribution is -2.49. The van der Waals surface area contributed by atoms with Crippen molar-refractivity contribution in [3.8, 4) is 0 Å². The van der Waals surface area contributed by atoms with Crippen molar-refractivity contribution in [1.29, 1.82) is 0 Å². The molecule has 0 aliphatic carbocycles. The highest BCUT2D eigenvalue weighted by atomic mass is 16.4. The van der Waals surface area contributed by atoms with Gasteiger partial charge in [-0.2, -0.15) is 0 Å². The highest BCUT2D eigenvalue weighted by molar-refractivity contribution is 5.77. The molecule has 0 spiro atoms. The zero-order valence-corrected chi connectivity index (χ0v) is 12.0. The normalized spacial score (nSPS) is 15.9. The van der Waals surface area contributed by atoms with E-state index in [0.29, 0.717) is 39.0 Å². The second kappa shape index (κ2) is 7.08. The van der Waals surface area contributed by atoms with Gasteiger partial charge in [0.1, 0.15) is 0 Å². The number of rotatable bonds is 5. The number of hydrogen-bond donors (Lipinski definition) is 2. The number of carbonyl (C=O) groups excluding carboxylic acids is 1. The van der Waals surface area contributed by atoms with Crippen LogP contribution in [0.3, 0.4) is 0 Å². The maximum Gasteiger partial charge on any atom is 0.317 e. The summed E-state index contributed by atoms with van der Waals surface area (Å²) < 4.78 is 0. The van der Waals surface area contributed by atoms with E-state index in [1.165, 1.54) is 0 Å². The van der Waals surface area contributed by atoms with Crippen LogP contribution in [0.2, 0.25) is 0 Å². The molecule has 0 radical (unpaired) electrons. The monoisotopic (exact) mass is 291 g/mol. The van der Waals surface area contributed by atoms with E-state index in [1.807, 2.05) is 29.2 Å².